The van der Waals surface area contributed by atoms with E-state index in [1.807, 2.05) is 0 Å². The van der Waals surface area contributed by atoms with E-state index in [9.17, 15) is 4.79 Å². The second-order valence-electron chi connectivity index (χ2n) is 5.98. The van der Waals surface area contributed by atoms with E-state index in [1.165, 1.54) is 25.7 Å². The van der Waals surface area contributed by atoms with Crippen LogP contribution in [0.15, 0.2) is 0 Å². The maximum Gasteiger partial charge on any atom is 0.223 e. The summed E-state index contributed by atoms with van der Waals surface area (Å²) >= 11 is 0. The maximum absolute atomic E-state index is 12.3. The molecule has 2 rings (SSSR count). The number of piperidine rings is 2. The van der Waals surface area contributed by atoms with Gasteiger partial charge in [-0.3, -0.25) is 4.79 Å². The van der Waals surface area contributed by atoms with Crippen molar-refractivity contribution < 1.29 is 4.79 Å². The van der Waals surface area contributed by atoms with E-state index in [0.29, 0.717) is 23.8 Å². The zero-order valence-corrected chi connectivity index (χ0v) is 11.2. The van der Waals surface area contributed by atoms with Crippen LogP contribution in [-0.4, -0.2) is 36.5 Å². The molecule has 1 N–H and O–H groups in total. The Kier molecular flexibility index (Phi) is 4.43. The topological polar surface area (TPSA) is 32.3 Å². The molecule has 2 atom stereocenters. The highest BCUT2D eigenvalue weighted by molar-refractivity contribution is 5.76. The number of carbonyl (C=O) groups is 1. The Hall–Kier alpha value is -0.570. The largest absolute Gasteiger partial charge is 0.340 e. The fourth-order valence-corrected chi connectivity index (χ4v) is 3.09. The van der Waals surface area contributed by atoms with Gasteiger partial charge >= 0.3 is 0 Å². The second-order valence-corrected chi connectivity index (χ2v) is 5.98. The molecule has 0 spiro atoms. The standard InChI is InChI=1S/C14H26N2O/c1-11-3-4-12(2)16(10-11)14(17)9-13-5-7-15-8-6-13/h11-13,15H,3-10H2,1-2H3. The lowest BCUT2D eigenvalue weighted by molar-refractivity contribution is -0.136. The number of rotatable bonds is 2. The van der Waals surface area contributed by atoms with Crippen LogP contribution in [0.2, 0.25) is 0 Å². The van der Waals surface area contributed by atoms with E-state index in [4.69, 9.17) is 0 Å². The van der Waals surface area contributed by atoms with Gasteiger partial charge in [0, 0.05) is 19.0 Å². The molecule has 2 aliphatic heterocycles. The molecule has 17 heavy (non-hydrogen) atoms. The highest BCUT2D eigenvalue weighted by Crippen LogP contribution is 2.24. The minimum absolute atomic E-state index is 0.399. The van der Waals surface area contributed by atoms with Crippen LogP contribution in [0, 0.1) is 11.8 Å². The smallest absolute Gasteiger partial charge is 0.223 e. The molecule has 2 saturated heterocycles. The zero-order valence-electron chi connectivity index (χ0n) is 11.2. The van der Waals surface area contributed by atoms with Gasteiger partial charge in [0.2, 0.25) is 5.91 Å². The molecule has 98 valence electrons. The molecule has 2 unspecified atom stereocenters. The van der Waals surface area contributed by atoms with Gasteiger partial charge in [0.05, 0.1) is 0 Å². The van der Waals surface area contributed by atoms with E-state index in [-0.39, 0.29) is 0 Å². The molecule has 2 heterocycles. The number of hydrogen-bond donors (Lipinski definition) is 1. The van der Waals surface area contributed by atoms with Gasteiger partial charge in [0.1, 0.15) is 0 Å². The number of nitrogens with one attached hydrogen (secondary N) is 1. The maximum atomic E-state index is 12.3. The van der Waals surface area contributed by atoms with Crippen molar-refractivity contribution in [1.82, 2.24) is 10.2 Å². The summed E-state index contributed by atoms with van der Waals surface area (Å²) in [6.07, 6.45) is 5.57. The Morgan fingerprint density at radius 2 is 1.88 bits per heavy atom. The third kappa shape index (κ3) is 3.44. The number of carbonyl (C=O) groups excluding carboxylic acids is 1. The Bertz CT molecular complexity index is 261. The zero-order chi connectivity index (χ0) is 12.3. The van der Waals surface area contributed by atoms with Crippen molar-refractivity contribution in [1.29, 1.82) is 0 Å². The van der Waals surface area contributed by atoms with Gasteiger partial charge in [-0.15, -0.1) is 0 Å². The van der Waals surface area contributed by atoms with E-state index >= 15 is 0 Å². The molecule has 2 aliphatic rings. The number of nitrogens with zero attached hydrogens (tertiary/aromatic N) is 1. The SMILES string of the molecule is CC1CCC(C)N(C(=O)CC2CCNCC2)C1. The van der Waals surface area contributed by atoms with Crippen LogP contribution >= 0.6 is 0 Å². The van der Waals surface area contributed by atoms with Crippen LogP contribution in [-0.2, 0) is 4.79 Å². The molecule has 3 nitrogen and oxygen atoms in total. The van der Waals surface area contributed by atoms with Gasteiger partial charge in [0.15, 0.2) is 0 Å². The van der Waals surface area contributed by atoms with Gasteiger partial charge in [0.25, 0.3) is 0 Å². The third-order valence-corrected chi connectivity index (χ3v) is 4.36. The summed E-state index contributed by atoms with van der Waals surface area (Å²) < 4.78 is 0. The quantitative estimate of drug-likeness (QED) is 0.798. The van der Waals surface area contributed by atoms with Gasteiger partial charge in [-0.25, -0.2) is 0 Å². The summed E-state index contributed by atoms with van der Waals surface area (Å²) in [6, 6.07) is 0.459. The Balaban J connectivity index is 1.85. The van der Waals surface area contributed by atoms with Gasteiger partial charge in [-0.2, -0.15) is 0 Å². The van der Waals surface area contributed by atoms with Crippen LogP contribution < -0.4 is 5.32 Å². The van der Waals surface area contributed by atoms with Crippen molar-refractivity contribution in [2.75, 3.05) is 19.6 Å². The molecule has 3 heteroatoms. The average Bonchev–Trinajstić information content (AvgIpc) is 2.33. The first-order chi connectivity index (χ1) is 8.16. The van der Waals surface area contributed by atoms with Gasteiger partial charge in [-0.1, -0.05) is 6.92 Å². The van der Waals surface area contributed by atoms with Crippen molar-refractivity contribution >= 4 is 5.91 Å². The van der Waals surface area contributed by atoms with Crippen LogP contribution in [0.5, 0.6) is 0 Å². The van der Waals surface area contributed by atoms with Crippen LogP contribution in [0.4, 0.5) is 0 Å². The molecule has 0 saturated carbocycles. The molecular formula is C14H26N2O. The third-order valence-electron chi connectivity index (χ3n) is 4.36. The monoisotopic (exact) mass is 238 g/mol. The molecular weight excluding hydrogens is 212 g/mol. The lowest BCUT2D eigenvalue weighted by atomic mass is 9.91. The summed E-state index contributed by atoms with van der Waals surface area (Å²) in [5, 5.41) is 3.36. The average molecular weight is 238 g/mol. The predicted molar refractivity (Wildman–Crippen MR) is 69.8 cm³/mol. The van der Waals surface area contributed by atoms with Crippen molar-refractivity contribution in [3.63, 3.8) is 0 Å². The summed E-state index contributed by atoms with van der Waals surface area (Å²) in [5.74, 6) is 1.70. The summed E-state index contributed by atoms with van der Waals surface area (Å²) in [7, 11) is 0. The lowest BCUT2D eigenvalue weighted by Crippen LogP contribution is -2.45. The fourth-order valence-electron chi connectivity index (χ4n) is 3.09. The second kappa shape index (κ2) is 5.85. The normalized spacial score (nSPS) is 31.5. The molecule has 0 aromatic heterocycles. The van der Waals surface area contributed by atoms with Gasteiger partial charge < -0.3 is 10.2 Å². The molecule has 0 aliphatic carbocycles. The van der Waals surface area contributed by atoms with Crippen LogP contribution in [0.3, 0.4) is 0 Å². The van der Waals surface area contributed by atoms with Crippen LogP contribution in [0.25, 0.3) is 0 Å². The van der Waals surface area contributed by atoms with E-state index in [1.54, 1.807) is 0 Å². The van der Waals surface area contributed by atoms with E-state index < -0.39 is 0 Å². The van der Waals surface area contributed by atoms with E-state index in [2.05, 4.69) is 24.1 Å². The highest BCUT2D eigenvalue weighted by Gasteiger charge is 2.28. The molecule has 2 fully saturated rings. The summed E-state index contributed by atoms with van der Waals surface area (Å²) in [5.41, 5.74) is 0. The molecule has 0 bridgehead atoms. The number of amides is 1. The van der Waals surface area contributed by atoms with Gasteiger partial charge in [-0.05, 0) is 57.5 Å². The first-order valence-corrected chi connectivity index (χ1v) is 7.17. The Morgan fingerprint density at radius 3 is 2.59 bits per heavy atom. The molecule has 0 radical (unpaired) electrons. The van der Waals surface area contributed by atoms with Crippen molar-refractivity contribution in [2.24, 2.45) is 11.8 Å². The lowest BCUT2D eigenvalue weighted by Gasteiger charge is -2.38. The number of hydrogen-bond acceptors (Lipinski definition) is 2. The minimum atomic E-state index is 0.399. The van der Waals surface area contributed by atoms with Crippen molar-refractivity contribution in [3.05, 3.63) is 0 Å². The fraction of sp³-hybridized carbons (Fsp3) is 0.929. The molecule has 0 aromatic rings. The first-order valence-electron chi connectivity index (χ1n) is 7.17. The summed E-state index contributed by atoms with van der Waals surface area (Å²) in [4.78, 5) is 14.5. The predicted octanol–water partition coefficient (Wildman–Crippen LogP) is 2.02. The van der Waals surface area contributed by atoms with Crippen molar-refractivity contribution in [3.8, 4) is 0 Å². The Labute approximate surface area is 105 Å². The first kappa shape index (κ1) is 12.9. The van der Waals surface area contributed by atoms with Crippen molar-refractivity contribution in [2.45, 2.75) is 52.0 Å². The van der Waals surface area contributed by atoms with Crippen LogP contribution in [0.1, 0.15) is 46.0 Å². The molecule has 0 aromatic carbocycles. The minimum Gasteiger partial charge on any atom is -0.340 e. The highest BCUT2D eigenvalue weighted by atomic mass is 16.2. The summed E-state index contributed by atoms with van der Waals surface area (Å²) in [6.45, 7) is 7.61. The van der Waals surface area contributed by atoms with E-state index in [0.717, 1.165) is 26.1 Å². The molecule has 1 amide bonds. The Morgan fingerprint density at radius 1 is 1.18 bits per heavy atom. The number of likely N-dealkylation sites (tertiary alicyclic amines) is 1.